The molecule has 0 bridgehead atoms. The van der Waals surface area contributed by atoms with Crippen molar-refractivity contribution in [2.24, 2.45) is 5.41 Å². The number of Topliss-reactive ketones (excluding diaryl/α,β-unsaturated/α-hetero) is 1. The van der Waals surface area contributed by atoms with Crippen LogP contribution in [-0.2, 0) is 0 Å². The van der Waals surface area contributed by atoms with Gasteiger partial charge in [0.15, 0.2) is 5.78 Å². The van der Waals surface area contributed by atoms with E-state index in [-0.39, 0.29) is 11.5 Å². The van der Waals surface area contributed by atoms with Crippen LogP contribution in [-0.4, -0.2) is 10.8 Å². The fourth-order valence-electron chi connectivity index (χ4n) is 1.44. The van der Waals surface area contributed by atoms with Gasteiger partial charge in [-0.1, -0.05) is 38.5 Å². The summed E-state index contributed by atoms with van der Waals surface area (Å²) < 4.78 is 12.6. The minimum Gasteiger partial charge on any atom is -0.292 e. The molecular formula is C10H14FNOS. The van der Waals surface area contributed by atoms with Crippen LogP contribution in [0.4, 0.5) is 4.39 Å². The summed E-state index contributed by atoms with van der Waals surface area (Å²) in [6.07, 6.45) is 1.73. The molecule has 1 aromatic rings. The minimum atomic E-state index is -0.541. The van der Waals surface area contributed by atoms with Crippen LogP contribution in [0.25, 0.3) is 0 Å². The predicted octanol–water partition coefficient (Wildman–Crippen LogP) is 3.29. The Hall–Kier alpha value is -0.770. The molecule has 2 nitrogen and oxygen atoms in total. The average molecular weight is 215 g/mol. The number of ketones is 1. The maximum atomic E-state index is 12.6. The molecule has 1 aromatic heterocycles. The second-order valence-corrected chi connectivity index (χ2v) is 4.76. The van der Waals surface area contributed by atoms with E-state index in [0.29, 0.717) is 0 Å². The molecule has 0 fully saturated rings. The van der Waals surface area contributed by atoms with Crippen molar-refractivity contribution in [1.29, 1.82) is 0 Å². The third-order valence-electron chi connectivity index (χ3n) is 2.20. The first-order chi connectivity index (χ1) is 6.47. The van der Waals surface area contributed by atoms with Crippen LogP contribution in [0.3, 0.4) is 0 Å². The van der Waals surface area contributed by atoms with E-state index in [1.165, 1.54) is 5.38 Å². The van der Waals surface area contributed by atoms with Gasteiger partial charge in [-0.15, -0.1) is 0 Å². The van der Waals surface area contributed by atoms with Gasteiger partial charge in [-0.25, -0.2) is 4.98 Å². The lowest BCUT2D eigenvalue weighted by Crippen LogP contribution is -2.24. The molecule has 0 aliphatic rings. The molecule has 0 radical (unpaired) electrons. The Morgan fingerprint density at radius 2 is 2.29 bits per heavy atom. The highest BCUT2D eigenvalue weighted by Gasteiger charge is 2.29. The van der Waals surface area contributed by atoms with Crippen LogP contribution < -0.4 is 0 Å². The third kappa shape index (κ3) is 2.38. The van der Waals surface area contributed by atoms with Gasteiger partial charge in [0.05, 0.1) is 0 Å². The topological polar surface area (TPSA) is 30.0 Å². The van der Waals surface area contributed by atoms with E-state index in [9.17, 15) is 9.18 Å². The van der Waals surface area contributed by atoms with E-state index in [4.69, 9.17) is 0 Å². The number of halogens is 1. The molecule has 0 aromatic carbocycles. The van der Waals surface area contributed by atoms with Gasteiger partial charge >= 0.3 is 0 Å². The highest BCUT2D eigenvalue weighted by atomic mass is 32.1. The number of carbonyl (C=O) groups excluding carboxylic acids is 1. The van der Waals surface area contributed by atoms with E-state index < -0.39 is 10.7 Å². The molecule has 0 atom stereocenters. The zero-order valence-corrected chi connectivity index (χ0v) is 9.45. The van der Waals surface area contributed by atoms with Crippen molar-refractivity contribution >= 4 is 17.1 Å². The summed E-state index contributed by atoms with van der Waals surface area (Å²) in [5, 5.41) is 0.940. The van der Waals surface area contributed by atoms with Crippen molar-refractivity contribution in [2.75, 3.05) is 0 Å². The van der Waals surface area contributed by atoms with Crippen molar-refractivity contribution in [1.82, 2.24) is 4.98 Å². The first kappa shape index (κ1) is 11.3. The van der Waals surface area contributed by atoms with Crippen LogP contribution in [0.15, 0.2) is 5.38 Å². The lowest BCUT2D eigenvalue weighted by atomic mass is 9.82. The molecule has 0 unspecified atom stereocenters. The van der Waals surface area contributed by atoms with Crippen LogP contribution in [0, 0.1) is 10.7 Å². The SMILES string of the molecule is CCCC(C)(C)C(=O)c1csc(F)n1. The second kappa shape index (κ2) is 4.17. The number of rotatable bonds is 4. The highest BCUT2D eigenvalue weighted by molar-refractivity contribution is 7.08. The van der Waals surface area contributed by atoms with Crippen molar-refractivity contribution in [2.45, 2.75) is 33.6 Å². The van der Waals surface area contributed by atoms with Crippen molar-refractivity contribution < 1.29 is 9.18 Å². The molecule has 0 saturated carbocycles. The van der Waals surface area contributed by atoms with Gasteiger partial charge in [0.25, 0.3) is 5.26 Å². The smallest absolute Gasteiger partial charge is 0.269 e. The lowest BCUT2D eigenvalue weighted by Gasteiger charge is -2.20. The Kier molecular flexibility index (Phi) is 3.37. The highest BCUT2D eigenvalue weighted by Crippen LogP contribution is 2.27. The number of thiazole rings is 1. The molecule has 0 saturated heterocycles. The number of carbonyl (C=O) groups is 1. The molecule has 0 aliphatic heterocycles. The summed E-state index contributed by atoms with van der Waals surface area (Å²) in [7, 11) is 0. The molecule has 78 valence electrons. The van der Waals surface area contributed by atoms with Crippen molar-refractivity contribution in [3.63, 3.8) is 0 Å². The second-order valence-electron chi connectivity index (χ2n) is 3.95. The molecule has 1 rings (SSSR count). The predicted molar refractivity (Wildman–Crippen MR) is 55.1 cm³/mol. The summed E-state index contributed by atoms with van der Waals surface area (Å²) in [6.45, 7) is 5.77. The van der Waals surface area contributed by atoms with Gasteiger partial charge in [-0.2, -0.15) is 4.39 Å². The Morgan fingerprint density at radius 3 is 2.71 bits per heavy atom. The van der Waals surface area contributed by atoms with Gasteiger partial charge in [-0.05, 0) is 6.42 Å². The van der Waals surface area contributed by atoms with E-state index in [1.807, 2.05) is 20.8 Å². The zero-order chi connectivity index (χ0) is 10.8. The van der Waals surface area contributed by atoms with Crippen LogP contribution in [0.1, 0.15) is 44.1 Å². The maximum absolute atomic E-state index is 12.6. The molecule has 0 amide bonds. The molecule has 4 heteroatoms. The quantitative estimate of drug-likeness (QED) is 0.721. The van der Waals surface area contributed by atoms with E-state index in [1.54, 1.807) is 0 Å². The van der Waals surface area contributed by atoms with Gasteiger partial charge in [-0.3, -0.25) is 4.79 Å². The Morgan fingerprint density at radius 1 is 1.64 bits per heavy atom. The first-order valence-corrected chi connectivity index (χ1v) is 5.51. The van der Waals surface area contributed by atoms with Crippen LogP contribution in [0.2, 0.25) is 0 Å². The minimum absolute atomic E-state index is 0.0699. The van der Waals surface area contributed by atoms with E-state index in [2.05, 4.69) is 4.98 Å². The number of nitrogens with zero attached hydrogens (tertiary/aromatic N) is 1. The fourth-order valence-corrected chi connectivity index (χ4v) is 1.96. The first-order valence-electron chi connectivity index (χ1n) is 4.63. The Balaban J connectivity index is 2.84. The van der Waals surface area contributed by atoms with Crippen LogP contribution in [0.5, 0.6) is 0 Å². The summed E-state index contributed by atoms with van der Waals surface area (Å²) in [5.74, 6) is -0.0699. The largest absolute Gasteiger partial charge is 0.292 e. The maximum Gasteiger partial charge on any atom is 0.269 e. The standard InChI is InChI=1S/C10H14FNOS/c1-4-5-10(2,3)8(13)7-6-14-9(11)12-7/h6H,4-5H2,1-3H3. The van der Waals surface area contributed by atoms with Gasteiger partial charge in [0.1, 0.15) is 5.69 Å². The normalized spacial score (nSPS) is 11.7. The van der Waals surface area contributed by atoms with Gasteiger partial charge in [0.2, 0.25) is 0 Å². The van der Waals surface area contributed by atoms with Gasteiger partial charge < -0.3 is 0 Å². The lowest BCUT2D eigenvalue weighted by molar-refractivity contribution is 0.0820. The third-order valence-corrected chi connectivity index (χ3v) is 2.83. The summed E-state index contributed by atoms with van der Waals surface area (Å²) in [4.78, 5) is 15.4. The fraction of sp³-hybridized carbons (Fsp3) is 0.600. The molecule has 0 spiro atoms. The van der Waals surface area contributed by atoms with Crippen molar-refractivity contribution in [3.05, 3.63) is 16.3 Å². The number of hydrogen-bond acceptors (Lipinski definition) is 3. The summed E-state index contributed by atoms with van der Waals surface area (Å²) in [6, 6.07) is 0. The Bertz CT molecular complexity index is 333. The van der Waals surface area contributed by atoms with Crippen molar-refractivity contribution in [3.8, 4) is 0 Å². The molecule has 1 heterocycles. The Labute approximate surface area is 87.2 Å². The van der Waals surface area contributed by atoms with Gasteiger partial charge in [0, 0.05) is 10.8 Å². The summed E-state index contributed by atoms with van der Waals surface area (Å²) >= 11 is 0.868. The molecular weight excluding hydrogens is 201 g/mol. The van der Waals surface area contributed by atoms with Crippen LogP contribution >= 0.6 is 11.3 Å². The van der Waals surface area contributed by atoms with E-state index in [0.717, 1.165) is 24.2 Å². The average Bonchev–Trinajstić information content (AvgIpc) is 2.50. The zero-order valence-electron chi connectivity index (χ0n) is 8.63. The number of hydrogen-bond donors (Lipinski definition) is 0. The molecule has 0 N–H and O–H groups in total. The van der Waals surface area contributed by atoms with E-state index >= 15 is 0 Å². The molecule has 14 heavy (non-hydrogen) atoms. The number of aromatic nitrogens is 1. The monoisotopic (exact) mass is 215 g/mol. The summed E-state index contributed by atoms with van der Waals surface area (Å²) in [5.41, 5.74) is -0.180. The molecule has 0 aliphatic carbocycles.